The van der Waals surface area contributed by atoms with Crippen molar-refractivity contribution < 1.29 is 18.7 Å². The molecule has 1 fully saturated rings. The molecule has 9 heteroatoms. The smallest absolute Gasteiger partial charge is 0.244 e. The number of anilines is 2. The summed E-state index contributed by atoms with van der Waals surface area (Å²) in [5, 5.41) is 4.91. The van der Waals surface area contributed by atoms with Crippen LogP contribution in [0.4, 0.5) is 15.2 Å². The van der Waals surface area contributed by atoms with E-state index in [0.29, 0.717) is 29.9 Å². The van der Waals surface area contributed by atoms with Crippen molar-refractivity contribution in [3.05, 3.63) is 47.2 Å². The van der Waals surface area contributed by atoms with Crippen molar-refractivity contribution in [2.45, 2.75) is 26.9 Å². The van der Waals surface area contributed by atoms with Crippen LogP contribution in [0.15, 0.2) is 35.7 Å². The standard InChI is InChI=1S/C23H29FN4O3S/c1-16(2)13-27-10-11-31-19(14-27)12-25-22(30)9-8-18-15-32-23(26-18)28(17(3)29)21-7-5-4-6-20(21)24/h4-9,15-16,19H,10-14H2,1-3H3,(H,25,30)/b9-8+. The van der Waals surface area contributed by atoms with Gasteiger partial charge in [0.05, 0.1) is 24.1 Å². The van der Waals surface area contributed by atoms with Gasteiger partial charge in [-0.05, 0) is 24.1 Å². The lowest BCUT2D eigenvalue weighted by molar-refractivity contribution is -0.118. The number of amides is 2. The van der Waals surface area contributed by atoms with Gasteiger partial charge < -0.3 is 10.1 Å². The van der Waals surface area contributed by atoms with Gasteiger partial charge in [0.1, 0.15) is 5.82 Å². The van der Waals surface area contributed by atoms with Crippen molar-refractivity contribution >= 4 is 40.0 Å². The van der Waals surface area contributed by atoms with E-state index in [1.165, 1.54) is 41.4 Å². The number of rotatable bonds is 8. The fraction of sp³-hybridized carbons (Fsp3) is 0.435. The Hall–Kier alpha value is -2.62. The zero-order valence-electron chi connectivity index (χ0n) is 18.6. The molecule has 2 aromatic rings. The molecule has 7 nitrogen and oxygen atoms in total. The fourth-order valence-corrected chi connectivity index (χ4v) is 4.36. The number of hydrogen-bond donors (Lipinski definition) is 1. The quantitative estimate of drug-likeness (QED) is 0.611. The highest BCUT2D eigenvalue weighted by atomic mass is 32.1. The first kappa shape index (κ1) is 24.0. The lowest BCUT2D eigenvalue weighted by Crippen LogP contribution is -2.48. The Bertz CT molecular complexity index is 962. The van der Waals surface area contributed by atoms with Gasteiger partial charge in [0.2, 0.25) is 11.8 Å². The Morgan fingerprint density at radius 2 is 2.19 bits per heavy atom. The van der Waals surface area contributed by atoms with Crippen molar-refractivity contribution in [1.29, 1.82) is 0 Å². The van der Waals surface area contributed by atoms with Crippen LogP contribution in [0, 0.1) is 11.7 Å². The van der Waals surface area contributed by atoms with Gasteiger partial charge in [0, 0.05) is 44.6 Å². The summed E-state index contributed by atoms with van der Waals surface area (Å²) in [6.45, 7) is 9.56. The normalized spacial score (nSPS) is 17.1. The summed E-state index contributed by atoms with van der Waals surface area (Å²) < 4.78 is 19.9. The van der Waals surface area contributed by atoms with Gasteiger partial charge in [0.15, 0.2) is 5.13 Å². The van der Waals surface area contributed by atoms with Gasteiger partial charge >= 0.3 is 0 Å². The van der Waals surface area contributed by atoms with Crippen LogP contribution in [0.2, 0.25) is 0 Å². The lowest BCUT2D eigenvalue weighted by Gasteiger charge is -2.33. The Balaban J connectivity index is 1.56. The highest BCUT2D eigenvalue weighted by Gasteiger charge is 2.22. The summed E-state index contributed by atoms with van der Waals surface area (Å²) in [6.07, 6.45) is 2.94. The number of nitrogens with one attached hydrogen (secondary N) is 1. The van der Waals surface area contributed by atoms with Crippen LogP contribution in [0.3, 0.4) is 0 Å². The summed E-state index contributed by atoms with van der Waals surface area (Å²) in [4.78, 5) is 32.3. The Morgan fingerprint density at radius 3 is 2.91 bits per heavy atom. The van der Waals surface area contributed by atoms with E-state index in [9.17, 15) is 14.0 Å². The van der Waals surface area contributed by atoms with E-state index in [4.69, 9.17) is 4.74 Å². The van der Waals surface area contributed by atoms with Crippen LogP contribution < -0.4 is 10.2 Å². The minimum Gasteiger partial charge on any atom is -0.374 e. The van der Waals surface area contributed by atoms with Crippen LogP contribution >= 0.6 is 11.3 Å². The molecule has 2 heterocycles. The summed E-state index contributed by atoms with van der Waals surface area (Å²) in [6, 6.07) is 6.04. The number of nitrogens with zero attached hydrogens (tertiary/aromatic N) is 3. The van der Waals surface area contributed by atoms with Crippen LogP contribution in [-0.2, 0) is 14.3 Å². The van der Waals surface area contributed by atoms with E-state index in [1.54, 1.807) is 23.6 Å². The molecular formula is C23H29FN4O3S. The number of para-hydroxylation sites is 1. The molecule has 0 radical (unpaired) electrons. The molecule has 0 saturated carbocycles. The van der Waals surface area contributed by atoms with Gasteiger partial charge in [-0.3, -0.25) is 19.4 Å². The largest absolute Gasteiger partial charge is 0.374 e. The van der Waals surface area contributed by atoms with Gasteiger partial charge in [-0.1, -0.05) is 26.0 Å². The number of thiazole rings is 1. The number of carbonyl (C=O) groups is 2. The number of hydrogen-bond acceptors (Lipinski definition) is 6. The maximum absolute atomic E-state index is 14.2. The molecule has 0 bridgehead atoms. The second-order valence-corrected chi connectivity index (χ2v) is 8.92. The third-order valence-corrected chi connectivity index (χ3v) is 5.71. The first-order valence-electron chi connectivity index (χ1n) is 10.6. The molecule has 3 rings (SSSR count). The van der Waals surface area contributed by atoms with Crippen molar-refractivity contribution in [1.82, 2.24) is 15.2 Å². The summed E-state index contributed by atoms with van der Waals surface area (Å²) in [7, 11) is 0. The van der Waals surface area contributed by atoms with Crippen LogP contribution in [0.5, 0.6) is 0 Å². The third kappa shape index (κ3) is 6.69. The number of carbonyl (C=O) groups excluding carboxylic acids is 2. The SMILES string of the molecule is CC(=O)N(c1nc(/C=C/C(=O)NCC2CN(CC(C)C)CCO2)cs1)c1ccccc1F. The molecule has 1 aliphatic heterocycles. The van der Waals surface area contributed by atoms with E-state index in [-0.39, 0.29) is 23.6 Å². The van der Waals surface area contributed by atoms with E-state index in [2.05, 4.69) is 29.0 Å². The molecule has 1 atom stereocenters. The highest BCUT2D eigenvalue weighted by Crippen LogP contribution is 2.30. The molecular weight excluding hydrogens is 431 g/mol. The number of morpholine rings is 1. The van der Waals surface area contributed by atoms with Crippen molar-refractivity contribution in [3.8, 4) is 0 Å². The van der Waals surface area contributed by atoms with E-state index in [0.717, 1.165) is 19.6 Å². The molecule has 1 saturated heterocycles. The minimum atomic E-state index is -0.508. The first-order valence-corrected chi connectivity index (χ1v) is 11.5. The number of halogens is 1. The average molecular weight is 461 g/mol. The highest BCUT2D eigenvalue weighted by molar-refractivity contribution is 7.14. The van der Waals surface area contributed by atoms with Crippen LogP contribution in [0.25, 0.3) is 6.08 Å². The Labute approximate surface area is 191 Å². The van der Waals surface area contributed by atoms with Crippen molar-refractivity contribution in [2.24, 2.45) is 5.92 Å². The molecule has 0 spiro atoms. The van der Waals surface area contributed by atoms with Gasteiger partial charge in [0.25, 0.3) is 0 Å². The predicted molar refractivity (Wildman–Crippen MR) is 124 cm³/mol. The summed E-state index contributed by atoms with van der Waals surface area (Å²) >= 11 is 1.20. The number of aromatic nitrogens is 1. The maximum atomic E-state index is 14.2. The summed E-state index contributed by atoms with van der Waals surface area (Å²) in [5.41, 5.74) is 0.654. The molecule has 1 aromatic heterocycles. The molecule has 32 heavy (non-hydrogen) atoms. The van der Waals surface area contributed by atoms with Crippen LogP contribution in [-0.4, -0.2) is 60.6 Å². The minimum absolute atomic E-state index is 0.0318. The molecule has 172 valence electrons. The zero-order chi connectivity index (χ0) is 23.1. The fourth-order valence-electron chi connectivity index (χ4n) is 3.52. The van der Waals surface area contributed by atoms with Crippen LogP contribution in [0.1, 0.15) is 26.5 Å². The van der Waals surface area contributed by atoms with E-state index < -0.39 is 5.82 Å². The first-order chi connectivity index (χ1) is 15.3. The van der Waals surface area contributed by atoms with Crippen molar-refractivity contribution in [2.75, 3.05) is 37.7 Å². The number of ether oxygens (including phenoxy) is 1. The molecule has 1 aromatic carbocycles. The summed E-state index contributed by atoms with van der Waals surface area (Å²) in [5.74, 6) is -0.517. The third-order valence-electron chi connectivity index (χ3n) is 4.87. The lowest BCUT2D eigenvalue weighted by atomic mass is 10.2. The molecule has 1 unspecified atom stereocenters. The average Bonchev–Trinajstić information content (AvgIpc) is 3.20. The Kier molecular flexibility index (Phi) is 8.49. The van der Waals surface area contributed by atoms with Gasteiger partial charge in [-0.15, -0.1) is 11.3 Å². The molecule has 1 aliphatic rings. The Morgan fingerprint density at radius 1 is 1.41 bits per heavy atom. The second-order valence-electron chi connectivity index (χ2n) is 8.09. The molecule has 1 N–H and O–H groups in total. The number of benzene rings is 1. The van der Waals surface area contributed by atoms with Crippen molar-refractivity contribution in [3.63, 3.8) is 0 Å². The maximum Gasteiger partial charge on any atom is 0.244 e. The monoisotopic (exact) mass is 460 g/mol. The second kappa shape index (κ2) is 11.3. The zero-order valence-corrected chi connectivity index (χ0v) is 19.4. The van der Waals surface area contributed by atoms with Gasteiger partial charge in [-0.25, -0.2) is 9.37 Å². The topological polar surface area (TPSA) is 74.8 Å². The predicted octanol–water partition coefficient (Wildman–Crippen LogP) is 3.45. The van der Waals surface area contributed by atoms with Gasteiger partial charge in [-0.2, -0.15) is 0 Å². The molecule has 0 aliphatic carbocycles. The molecule has 2 amide bonds. The van der Waals surface area contributed by atoms with E-state index >= 15 is 0 Å². The van der Waals surface area contributed by atoms with E-state index in [1.807, 2.05) is 0 Å².